The molecular weight excluding hydrogens is 386 g/mol. The van der Waals surface area contributed by atoms with E-state index in [1.54, 1.807) is 10.7 Å². The number of carbonyl (C=O) groups excluding carboxylic acids is 3. The number of amides is 3. The zero-order valence-electron chi connectivity index (χ0n) is 15.9. The number of nitrogens with zero attached hydrogens (tertiary/aromatic N) is 3. The number of ether oxygens (including phenoxy) is 1. The van der Waals surface area contributed by atoms with Crippen molar-refractivity contribution in [2.45, 2.75) is 33.6 Å². The minimum atomic E-state index is -0.880. The van der Waals surface area contributed by atoms with Crippen molar-refractivity contribution in [3.63, 3.8) is 0 Å². The number of carbonyl (C=O) groups is 3. The molecule has 0 fully saturated rings. The Kier molecular flexibility index (Phi) is 7.51. The predicted octanol–water partition coefficient (Wildman–Crippen LogP) is 2.32. The van der Waals surface area contributed by atoms with Gasteiger partial charge in [-0.3, -0.25) is 10.1 Å². The van der Waals surface area contributed by atoms with Crippen LogP contribution in [0.5, 0.6) is 0 Å². The number of nitrogens with one attached hydrogen (secondary N) is 2. The van der Waals surface area contributed by atoms with Crippen LogP contribution in [0.3, 0.4) is 0 Å². The molecule has 10 heteroatoms. The van der Waals surface area contributed by atoms with Crippen molar-refractivity contribution in [2.75, 3.05) is 13.2 Å². The van der Waals surface area contributed by atoms with Gasteiger partial charge < -0.3 is 10.1 Å². The summed E-state index contributed by atoms with van der Waals surface area (Å²) < 4.78 is 6.48. The molecule has 0 bridgehead atoms. The van der Waals surface area contributed by atoms with Gasteiger partial charge in [-0.25, -0.2) is 19.3 Å². The third kappa shape index (κ3) is 5.78. The Balaban J connectivity index is 1.98. The smallest absolute Gasteiger partial charge is 0.359 e. The lowest BCUT2D eigenvalue weighted by Crippen LogP contribution is -2.41. The molecule has 0 spiro atoms. The largest absolute Gasteiger partial charge is 0.451 e. The fraction of sp³-hybridized carbons (Fsp3) is 0.389. The van der Waals surface area contributed by atoms with Crippen molar-refractivity contribution in [1.82, 2.24) is 25.4 Å². The Morgan fingerprint density at radius 2 is 2.00 bits per heavy atom. The van der Waals surface area contributed by atoms with Crippen LogP contribution in [-0.2, 0) is 9.53 Å². The molecule has 2 N–H and O–H groups in total. The van der Waals surface area contributed by atoms with Crippen LogP contribution in [0.4, 0.5) is 4.79 Å². The second kappa shape index (κ2) is 9.84. The zero-order chi connectivity index (χ0) is 20.7. The molecule has 28 heavy (non-hydrogen) atoms. The summed E-state index contributed by atoms with van der Waals surface area (Å²) in [7, 11) is 0. The molecule has 0 saturated heterocycles. The first-order valence-corrected chi connectivity index (χ1v) is 9.14. The molecule has 0 aliphatic carbocycles. The first-order chi connectivity index (χ1) is 13.3. The molecule has 2 heterocycles. The number of aryl methyl sites for hydroxylation is 2. The topological polar surface area (TPSA) is 115 Å². The Hall–Kier alpha value is -2.94. The van der Waals surface area contributed by atoms with Crippen molar-refractivity contribution in [3.05, 3.63) is 40.3 Å². The van der Waals surface area contributed by atoms with Crippen LogP contribution in [0.2, 0.25) is 5.02 Å². The zero-order valence-corrected chi connectivity index (χ0v) is 16.7. The van der Waals surface area contributed by atoms with E-state index < -0.39 is 24.5 Å². The molecule has 9 nitrogen and oxygen atoms in total. The van der Waals surface area contributed by atoms with Gasteiger partial charge in [0.2, 0.25) is 0 Å². The second-order valence-electron chi connectivity index (χ2n) is 6.07. The average molecular weight is 408 g/mol. The summed E-state index contributed by atoms with van der Waals surface area (Å²) >= 11 is 6.04. The van der Waals surface area contributed by atoms with Gasteiger partial charge in [0, 0.05) is 12.2 Å². The van der Waals surface area contributed by atoms with E-state index in [1.165, 1.54) is 6.07 Å². The van der Waals surface area contributed by atoms with E-state index in [1.807, 2.05) is 26.8 Å². The van der Waals surface area contributed by atoms with E-state index in [0.717, 1.165) is 24.2 Å². The van der Waals surface area contributed by atoms with Crippen LogP contribution in [-0.4, -0.2) is 45.8 Å². The van der Waals surface area contributed by atoms with E-state index in [-0.39, 0.29) is 10.7 Å². The summed E-state index contributed by atoms with van der Waals surface area (Å²) in [6, 6.07) is 4.34. The third-order valence-corrected chi connectivity index (χ3v) is 3.96. The highest BCUT2D eigenvalue weighted by Gasteiger charge is 2.18. The number of unbranched alkanes of at least 4 members (excludes halogenated alkanes) is 1. The fourth-order valence-electron chi connectivity index (χ4n) is 2.34. The van der Waals surface area contributed by atoms with Gasteiger partial charge in [0.1, 0.15) is 0 Å². The molecule has 0 radical (unpaired) electrons. The quantitative estimate of drug-likeness (QED) is 0.537. The van der Waals surface area contributed by atoms with Gasteiger partial charge in [-0.05, 0) is 38.5 Å². The standard InChI is InChI=1S/C18H22ClN5O4/c1-4-5-8-20-18(27)22-15(25)10-28-17(26)16-13(19)6-7-14(21-16)24-12(3)9-11(2)23-24/h6-7,9H,4-5,8,10H2,1-3H3,(H2,20,22,25,27). The van der Waals surface area contributed by atoms with Crippen molar-refractivity contribution in [1.29, 1.82) is 0 Å². The SMILES string of the molecule is CCCCNC(=O)NC(=O)COC(=O)c1nc(-n2nc(C)cc2C)ccc1Cl. The molecule has 150 valence electrons. The van der Waals surface area contributed by atoms with Gasteiger partial charge in [-0.15, -0.1) is 0 Å². The molecule has 0 aliphatic rings. The van der Waals surface area contributed by atoms with Crippen LogP contribution >= 0.6 is 11.6 Å². The van der Waals surface area contributed by atoms with Crippen LogP contribution in [0.15, 0.2) is 18.2 Å². The van der Waals surface area contributed by atoms with Crippen molar-refractivity contribution >= 4 is 29.5 Å². The highest BCUT2D eigenvalue weighted by Crippen LogP contribution is 2.18. The highest BCUT2D eigenvalue weighted by molar-refractivity contribution is 6.33. The number of aromatic nitrogens is 3. The summed E-state index contributed by atoms with van der Waals surface area (Å²) in [4.78, 5) is 39.7. The average Bonchev–Trinajstić information content (AvgIpc) is 2.98. The molecule has 2 rings (SSSR count). The van der Waals surface area contributed by atoms with Crippen LogP contribution in [0.1, 0.15) is 41.6 Å². The molecule has 2 aromatic heterocycles. The van der Waals surface area contributed by atoms with E-state index in [0.29, 0.717) is 12.4 Å². The van der Waals surface area contributed by atoms with Gasteiger partial charge in [-0.1, -0.05) is 24.9 Å². The van der Waals surface area contributed by atoms with E-state index in [4.69, 9.17) is 16.3 Å². The molecule has 0 aromatic carbocycles. The second-order valence-corrected chi connectivity index (χ2v) is 6.48. The third-order valence-electron chi connectivity index (χ3n) is 3.65. The number of halogens is 1. The Bertz CT molecular complexity index is 881. The van der Waals surface area contributed by atoms with Crippen LogP contribution in [0, 0.1) is 13.8 Å². The van der Waals surface area contributed by atoms with Gasteiger partial charge in [0.05, 0.1) is 10.7 Å². The number of urea groups is 1. The van der Waals surface area contributed by atoms with Crippen molar-refractivity contribution in [2.24, 2.45) is 0 Å². The molecule has 2 aromatic rings. The number of esters is 1. The van der Waals surface area contributed by atoms with E-state index >= 15 is 0 Å². The minimum Gasteiger partial charge on any atom is -0.451 e. The molecule has 0 saturated carbocycles. The number of rotatable bonds is 7. The number of hydrogen-bond donors (Lipinski definition) is 2. The van der Waals surface area contributed by atoms with Crippen LogP contribution < -0.4 is 10.6 Å². The molecule has 0 atom stereocenters. The molecular formula is C18H22ClN5O4. The number of imide groups is 1. The monoisotopic (exact) mass is 407 g/mol. The Morgan fingerprint density at radius 1 is 1.25 bits per heavy atom. The first kappa shape index (κ1) is 21.4. The van der Waals surface area contributed by atoms with Crippen molar-refractivity contribution in [3.8, 4) is 5.82 Å². The number of hydrogen-bond acceptors (Lipinski definition) is 6. The summed E-state index contributed by atoms with van der Waals surface area (Å²) in [6.07, 6.45) is 1.71. The Labute approximate surface area is 167 Å². The number of pyridine rings is 1. The van der Waals surface area contributed by atoms with Gasteiger partial charge in [-0.2, -0.15) is 5.10 Å². The van der Waals surface area contributed by atoms with Crippen LogP contribution in [0.25, 0.3) is 5.82 Å². The summed E-state index contributed by atoms with van der Waals surface area (Å²) in [5.74, 6) is -1.25. The molecule has 0 unspecified atom stereocenters. The predicted molar refractivity (Wildman–Crippen MR) is 103 cm³/mol. The van der Waals surface area contributed by atoms with Crippen molar-refractivity contribution < 1.29 is 19.1 Å². The van der Waals surface area contributed by atoms with Gasteiger partial charge in [0.25, 0.3) is 5.91 Å². The lowest BCUT2D eigenvalue weighted by molar-refractivity contribution is -0.123. The summed E-state index contributed by atoms with van der Waals surface area (Å²) in [5.41, 5.74) is 1.49. The maximum Gasteiger partial charge on any atom is 0.359 e. The fourth-order valence-corrected chi connectivity index (χ4v) is 2.52. The summed E-state index contributed by atoms with van der Waals surface area (Å²) in [6.45, 7) is 5.49. The maximum atomic E-state index is 12.3. The highest BCUT2D eigenvalue weighted by atomic mass is 35.5. The lowest BCUT2D eigenvalue weighted by Gasteiger charge is -2.09. The lowest BCUT2D eigenvalue weighted by atomic mass is 10.3. The summed E-state index contributed by atoms with van der Waals surface area (Å²) in [5, 5.41) is 8.97. The molecule has 3 amide bonds. The minimum absolute atomic E-state index is 0.0768. The maximum absolute atomic E-state index is 12.3. The van der Waals surface area contributed by atoms with E-state index in [9.17, 15) is 14.4 Å². The first-order valence-electron chi connectivity index (χ1n) is 8.76. The molecule has 0 aliphatic heterocycles. The van der Waals surface area contributed by atoms with E-state index in [2.05, 4.69) is 20.7 Å². The normalized spacial score (nSPS) is 10.4. The van der Waals surface area contributed by atoms with Gasteiger partial charge in [0.15, 0.2) is 18.1 Å². The Morgan fingerprint density at radius 3 is 2.64 bits per heavy atom. The van der Waals surface area contributed by atoms with Gasteiger partial charge >= 0.3 is 12.0 Å².